The first-order valence-corrected chi connectivity index (χ1v) is 8.72. The SMILES string of the molecule is COCCCNC(=O)C1CCN(Cc2ccc(Br)cc2)CC1. The summed E-state index contributed by atoms with van der Waals surface area (Å²) in [7, 11) is 1.68. The number of nitrogens with zero attached hydrogens (tertiary/aromatic N) is 1. The van der Waals surface area contributed by atoms with Crippen LogP contribution in [0, 0.1) is 5.92 Å². The average Bonchev–Trinajstić information content (AvgIpc) is 2.54. The second-order valence-corrected chi connectivity index (χ2v) is 6.73. The summed E-state index contributed by atoms with van der Waals surface area (Å²) in [6, 6.07) is 8.46. The second-order valence-electron chi connectivity index (χ2n) is 5.81. The van der Waals surface area contributed by atoms with Crippen molar-refractivity contribution < 1.29 is 9.53 Å². The van der Waals surface area contributed by atoms with Gasteiger partial charge < -0.3 is 10.1 Å². The standard InChI is InChI=1S/C17H25BrN2O2/c1-22-12-2-9-19-17(21)15-7-10-20(11-8-15)13-14-3-5-16(18)6-4-14/h3-6,15H,2,7-13H2,1H3,(H,19,21). The molecule has 0 radical (unpaired) electrons. The van der Waals surface area contributed by atoms with E-state index < -0.39 is 0 Å². The van der Waals surface area contributed by atoms with Gasteiger partial charge in [0.2, 0.25) is 5.91 Å². The number of hydrogen-bond donors (Lipinski definition) is 1. The van der Waals surface area contributed by atoms with Gasteiger partial charge in [0.25, 0.3) is 0 Å². The molecular formula is C17H25BrN2O2. The van der Waals surface area contributed by atoms with E-state index in [4.69, 9.17) is 4.74 Å². The molecule has 1 aromatic rings. The molecule has 5 heteroatoms. The van der Waals surface area contributed by atoms with Crippen LogP contribution in [-0.2, 0) is 16.1 Å². The van der Waals surface area contributed by atoms with Crippen LogP contribution >= 0.6 is 15.9 Å². The van der Waals surface area contributed by atoms with Crippen LogP contribution in [0.5, 0.6) is 0 Å². The zero-order valence-corrected chi connectivity index (χ0v) is 14.8. The molecule has 1 aliphatic heterocycles. The first-order chi connectivity index (χ1) is 10.7. The van der Waals surface area contributed by atoms with E-state index in [0.717, 1.165) is 43.4 Å². The van der Waals surface area contributed by atoms with E-state index in [2.05, 4.69) is 50.4 Å². The van der Waals surface area contributed by atoms with Crippen LogP contribution < -0.4 is 5.32 Å². The summed E-state index contributed by atoms with van der Waals surface area (Å²) in [5, 5.41) is 3.02. The fourth-order valence-electron chi connectivity index (χ4n) is 2.77. The van der Waals surface area contributed by atoms with Crippen molar-refractivity contribution >= 4 is 21.8 Å². The summed E-state index contributed by atoms with van der Waals surface area (Å²) < 4.78 is 6.10. The Morgan fingerprint density at radius 1 is 1.32 bits per heavy atom. The van der Waals surface area contributed by atoms with Crippen LogP contribution in [0.15, 0.2) is 28.7 Å². The van der Waals surface area contributed by atoms with E-state index in [1.54, 1.807) is 7.11 Å². The van der Waals surface area contributed by atoms with Gasteiger partial charge in [0.1, 0.15) is 0 Å². The molecule has 0 bridgehead atoms. The molecule has 1 aromatic carbocycles. The highest BCUT2D eigenvalue weighted by atomic mass is 79.9. The molecule has 0 aliphatic carbocycles. The van der Waals surface area contributed by atoms with Crippen LogP contribution in [0.2, 0.25) is 0 Å². The lowest BCUT2D eigenvalue weighted by atomic mass is 9.95. The number of rotatable bonds is 7. The third-order valence-corrected chi connectivity index (χ3v) is 4.63. The van der Waals surface area contributed by atoms with Crippen LogP contribution in [0.25, 0.3) is 0 Å². The van der Waals surface area contributed by atoms with E-state index in [1.165, 1.54) is 5.56 Å². The zero-order chi connectivity index (χ0) is 15.8. The maximum Gasteiger partial charge on any atom is 0.223 e. The summed E-state index contributed by atoms with van der Waals surface area (Å²) in [6.07, 6.45) is 2.78. The monoisotopic (exact) mass is 368 g/mol. The lowest BCUT2D eigenvalue weighted by Crippen LogP contribution is -2.40. The van der Waals surface area contributed by atoms with Gasteiger partial charge in [0, 0.05) is 37.2 Å². The van der Waals surface area contributed by atoms with Crippen molar-refractivity contribution in [3.8, 4) is 0 Å². The lowest BCUT2D eigenvalue weighted by Gasteiger charge is -2.31. The number of likely N-dealkylation sites (tertiary alicyclic amines) is 1. The molecule has 1 fully saturated rings. The van der Waals surface area contributed by atoms with Gasteiger partial charge in [0.05, 0.1) is 0 Å². The Bertz CT molecular complexity index is 456. The zero-order valence-electron chi connectivity index (χ0n) is 13.2. The van der Waals surface area contributed by atoms with E-state index in [9.17, 15) is 4.79 Å². The predicted molar refractivity (Wildman–Crippen MR) is 91.6 cm³/mol. The van der Waals surface area contributed by atoms with Gasteiger partial charge in [-0.3, -0.25) is 9.69 Å². The molecular weight excluding hydrogens is 344 g/mol. The molecule has 1 saturated heterocycles. The minimum absolute atomic E-state index is 0.170. The topological polar surface area (TPSA) is 41.6 Å². The Balaban J connectivity index is 1.68. The van der Waals surface area contributed by atoms with E-state index in [1.807, 2.05) is 0 Å². The van der Waals surface area contributed by atoms with Crippen LogP contribution in [0.3, 0.4) is 0 Å². The number of carbonyl (C=O) groups excluding carboxylic acids is 1. The quantitative estimate of drug-likeness (QED) is 0.752. The molecule has 0 aromatic heterocycles. The van der Waals surface area contributed by atoms with Gasteiger partial charge in [-0.25, -0.2) is 0 Å². The molecule has 122 valence electrons. The maximum absolute atomic E-state index is 12.1. The van der Waals surface area contributed by atoms with Gasteiger partial charge in [0.15, 0.2) is 0 Å². The first kappa shape index (κ1) is 17.4. The van der Waals surface area contributed by atoms with Crippen molar-refractivity contribution in [1.29, 1.82) is 0 Å². The number of amides is 1. The molecule has 1 heterocycles. The van der Waals surface area contributed by atoms with Crippen molar-refractivity contribution in [2.45, 2.75) is 25.8 Å². The Labute approximate surface area is 141 Å². The number of hydrogen-bond acceptors (Lipinski definition) is 3. The number of ether oxygens (including phenoxy) is 1. The Morgan fingerprint density at radius 3 is 2.64 bits per heavy atom. The highest BCUT2D eigenvalue weighted by molar-refractivity contribution is 9.10. The largest absolute Gasteiger partial charge is 0.385 e. The van der Waals surface area contributed by atoms with Gasteiger partial charge in [-0.1, -0.05) is 28.1 Å². The Kier molecular flexibility index (Phi) is 7.36. The summed E-state index contributed by atoms with van der Waals surface area (Å²) >= 11 is 3.46. The highest BCUT2D eigenvalue weighted by Crippen LogP contribution is 2.20. The first-order valence-electron chi connectivity index (χ1n) is 7.92. The summed E-state index contributed by atoms with van der Waals surface area (Å²) in [5.41, 5.74) is 1.32. The third kappa shape index (κ3) is 5.71. The predicted octanol–water partition coefficient (Wildman–Crippen LogP) is 2.81. The normalized spacial score (nSPS) is 16.6. The fourth-order valence-corrected chi connectivity index (χ4v) is 3.04. The Morgan fingerprint density at radius 2 is 2.00 bits per heavy atom. The number of methoxy groups -OCH3 is 1. The molecule has 22 heavy (non-hydrogen) atoms. The van der Waals surface area contributed by atoms with E-state index >= 15 is 0 Å². The Hall–Kier alpha value is -0.910. The second kappa shape index (κ2) is 9.28. The van der Waals surface area contributed by atoms with Crippen molar-refractivity contribution in [1.82, 2.24) is 10.2 Å². The minimum atomic E-state index is 0.170. The number of piperidine rings is 1. The highest BCUT2D eigenvalue weighted by Gasteiger charge is 2.24. The van der Waals surface area contributed by atoms with Crippen molar-refractivity contribution in [3.63, 3.8) is 0 Å². The summed E-state index contributed by atoms with van der Waals surface area (Å²) in [5.74, 6) is 0.378. The number of benzene rings is 1. The molecule has 0 unspecified atom stereocenters. The van der Waals surface area contributed by atoms with Crippen LogP contribution in [0.1, 0.15) is 24.8 Å². The molecule has 1 N–H and O–H groups in total. The van der Waals surface area contributed by atoms with Crippen molar-refractivity contribution in [2.75, 3.05) is 33.4 Å². The number of halogens is 1. The number of nitrogens with one attached hydrogen (secondary N) is 1. The smallest absolute Gasteiger partial charge is 0.223 e. The summed E-state index contributed by atoms with van der Waals surface area (Å²) in [6.45, 7) is 4.37. The minimum Gasteiger partial charge on any atom is -0.385 e. The van der Waals surface area contributed by atoms with Gasteiger partial charge in [-0.15, -0.1) is 0 Å². The molecule has 0 saturated carbocycles. The van der Waals surface area contributed by atoms with E-state index in [0.29, 0.717) is 13.2 Å². The lowest BCUT2D eigenvalue weighted by molar-refractivity contribution is -0.126. The fraction of sp³-hybridized carbons (Fsp3) is 0.588. The maximum atomic E-state index is 12.1. The van der Waals surface area contributed by atoms with Gasteiger partial charge in [-0.2, -0.15) is 0 Å². The third-order valence-electron chi connectivity index (χ3n) is 4.10. The summed E-state index contributed by atoms with van der Waals surface area (Å²) in [4.78, 5) is 14.5. The van der Waals surface area contributed by atoms with Crippen LogP contribution in [-0.4, -0.2) is 44.2 Å². The van der Waals surface area contributed by atoms with Gasteiger partial charge >= 0.3 is 0 Å². The molecule has 0 spiro atoms. The number of carbonyl (C=O) groups is 1. The molecule has 2 rings (SSSR count). The molecule has 1 amide bonds. The van der Waals surface area contributed by atoms with Crippen LogP contribution in [0.4, 0.5) is 0 Å². The van der Waals surface area contributed by atoms with Gasteiger partial charge in [-0.05, 0) is 50.0 Å². The van der Waals surface area contributed by atoms with Crippen molar-refractivity contribution in [2.24, 2.45) is 5.92 Å². The van der Waals surface area contributed by atoms with E-state index in [-0.39, 0.29) is 11.8 Å². The average molecular weight is 369 g/mol. The van der Waals surface area contributed by atoms with Crippen molar-refractivity contribution in [3.05, 3.63) is 34.3 Å². The molecule has 4 nitrogen and oxygen atoms in total. The molecule has 1 aliphatic rings. The molecule has 0 atom stereocenters.